The first-order valence-corrected chi connectivity index (χ1v) is 6.11. The minimum atomic E-state index is -0.449. The van der Waals surface area contributed by atoms with Crippen molar-refractivity contribution in [2.45, 2.75) is 18.9 Å². The zero-order chi connectivity index (χ0) is 12.3. The Kier molecular flexibility index (Phi) is 3.90. The Balaban J connectivity index is 2.10. The highest BCUT2D eigenvalue weighted by Crippen LogP contribution is 2.31. The number of nitro groups is 1. The van der Waals surface area contributed by atoms with Crippen molar-refractivity contribution >= 4 is 27.3 Å². The fraction of sp³-hybridized carbons (Fsp3) is 0.500. The average Bonchev–Trinajstić information content (AvgIpc) is 2.80. The maximum atomic E-state index is 10.8. The second kappa shape index (κ2) is 5.42. The molecule has 0 bridgehead atoms. The number of nitrogens with zero attached hydrogens (tertiary/aromatic N) is 2. The van der Waals surface area contributed by atoms with E-state index in [-0.39, 0.29) is 11.8 Å². The van der Waals surface area contributed by atoms with Crippen LogP contribution in [-0.2, 0) is 4.74 Å². The number of nitrogens with one attached hydrogen (secondary N) is 1. The van der Waals surface area contributed by atoms with Gasteiger partial charge in [0.1, 0.15) is 11.9 Å². The number of rotatable bonds is 4. The smallest absolute Gasteiger partial charge is 0.311 e. The zero-order valence-corrected chi connectivity index (χ0v) is 10.6. The van der Waals surface area contributed by atoms with E-state index in [9.17, 15) is 10.1 Å². The van der Waals surface area contributed by atoms with Crippen LogP contribution in [0.25, 0.3) is 0 Å². The Morgan fingerprint density at radius 3 is 3.12 bits per heavy atom. The molecule has 1 aliphatic heterocycles. The summed E-state index contributed by atoms with van der Waals surface area (Å²) < 4.78 is 6.04. The summed E-state index contributed by atoms with van der Waals surface area (Å²) >= 11 is 3.25. The molecule has 0 aromatic carbocycles. The van der Waals surface area contributed by atoms with Crippen molar-refractivity contribution in [1.82, 2.24) is 4.98 Å². The first kappa shape index (κ1) is 12.3. The molecule has 2 heterocycles. The number of anilines is 1. The van der Waals surface area contributed by atoms with Crippen molar-refractivity contribution in [3.63, 3.8) is 0 Å². The number of halogens is 1. The van der Waals surface area contributed by atoms with E-state index in [0.29, 0.717) is 16.7 Å². The Morgan fingerprint density at radius 2 is 2.47 bits per heavy atom. The van der Waals surface area contributed by atoms with Crippen LogP contribution in [0.5, 0.6) is 0 Å². The standard InChI is InChI=1S/C10H12BrN3O3/c11-8-5-12-6-9(14(15)16)10(8)13-4-7-2-1-3-17-7/h5-7H,1-4H2,(H,12,13). The SMILES string of the molecule is O=[N+]([O-])c1cncc(Br)c1NCC1CCCO1. The minimum absolute atomic E-state index is 0.0302. The van der Waals surface area contributed by atoms with Crippen molar-refractivity contribution in [2.24, 2.45) is 0 Å². The van der Waals surface area contributed by atoms with Gasteiger partial charge in [0, 0.05) is 19.3 Å². The van der Waals surface area contributed by atoms with Gasteiger partial charge in [-0.2, -0.15) is 0 Å². The lowest BCUT2D eigenvalue weighted by atomic mass is 10.2. The lowest BCUT2D eigenvalue weighted by molar-refractivity contribution is -0.384. The normalized spacial score (nSPS) is 19.2. The quantitative estimate of drug-likeness (QED) is 0.682. The van der Waals surface area contributed by atoms with Crippen LogP contribution in [-0.4, -0.2) is 29.2 Å². The number of hydrogen-bond donors (Lipinski definition) is 1. The van der Waals surface area contributed by atoms with Crippen LogP contribution in [0.4, 0.5) is 11.4 Å². The predicted molar refractivity (Wildman–Crippen MR) is 66.1 cm³/mol. The average molecular weight is 302 g/mol. The van der Waals surface area contributed by atoms with Gasteiger partial charge in [0.2, 0.25) is 0 Å². The maximum Gasteiger partial charge on any atom is 0.311 e. The van der Waals surface area contributed by atoms with E-state index >= 15 is 0 Å². The van der Waals surface area contributed by atoms with Crippen molar-refractivity contribution in [3.05, 3.63) is 27.0 Å². The topological polar surface area (TPSA) is 77.3 Å². The van der Waals surface area contributed by atoms with E-state index in [4.69, 9.17) is 4.74 Å². The molecule has 7 heteroatoms. The van der Waals surface area contributed by atoms with E-state index in [1.165, 1.54) is 12.4 Å². The van der Waals surface area contributed by atoms with Crippen LogP contribution >= 0.6 is 15.9 Å². The molecule has 0 aliphatic carbocycles. The molecular weight excluding hydrogens is 290 g/mol. The second-order valence-electron chi connectivity index (χ2n) is 3.79. The molecule has 1 atom stereocenters. The molecule has 17 heavy (non-hydrogen) atoms. The molecule has 0 amide bonds. The molecular formula is C10H12BrN3O3. The zero-order valence-electron chi connectivity index (χ0n) is 9.06. The number of aromatic nitrogens is 1. The summed E-state index contributed by atoms with van der Waals surface area (Å²) in [6.07, 6.45) is 4.94. The molecule has 6 nitrogen and oxygen atoms in total. The largest absolute Gasteiger partial charge is 0.376 e. The highest BCUT2D eigenvalue weighted by molar-refractivity contribution is 9.10. The number of hydrogen-bond acceptors (Lipinski definition) is 5. The van der Waals surface area contributed by atoms with E-state index in [2.05, 4.69) is 26.2 Å². The van der Waals surface area contributed by atoms with Crippen LogP contribution in [0.2, 0.25) is 0 Å². The molecule has 1 aromatic rings. The third-order valence-electron chi connectivity index (χ3n) is 2.61. The van der Waals surface area contributed by atoms with Gasteiger partial charge in [0.25, 0.3) is 0 Å². The molecule has 92 valence electrons. The fourth-order valence-corrected chi connectivity index (χ4v) is 2.22. The van der Waals surface area contributed by atoms with Gasteiger partial charge in [0.05, 0.1) is 15.5 Å². The Morgan fingerprint density at radius 1 is 1.65 bits per heavy atom. The van der Waals surface area contributed by atoms with Crippen LogP contribution in [0.3, 0.4) is 0 Å². The maximum absolute atomic E-state index is 10.8. The molecule has 1 N–H and O–H groups in total. The van der Waals surface area contributed by atoms with E-state index in [1.807, 2.05) is 0 Å². The van der Waals surface area contributed by atoms with Gasteiger partial charge in [-0.05, 0) is 28.8 Å². The Hall–Kier alpha value is -1.21. The van der Waals surface area contributed by atoms with E-state index < -0.39 is 4.92 Å². The van der Waals surface area contributed by atoms with E-state index in [0.717, 1.165) is 19.4 Å². The second-order valence-corrected chi connectivity index (χ2v) is 4.64. The first-order valence-electron chi connectivity index (χ1n) is 5.32. The summed E-state index contributed by atoms with van der Waals surface area (Å²) in [7, 11) is 0. The lowest BCUT2D eigenvalue weighted by Crippen LogP contribution is -2.19. The van der Waals surface area contributed by atoms with Crippen LogP contribution < -0.4 is 5.32 Å². The Labute approximate surface area is 107 Å². The molecule has 1 aliphatic rings. The molecule has 0 saturated carbocycles. The third kappa shape index (κ3) is 2.92. The summed E-state index contributed by atoms with van der Waals surface area (Å²) in [5.74, 6) is 0. The van der Waals surface area contributed by atoms with Crippen LogP contribution in [0, 0.1) is 10.1 Å². The van der Waals surface area contributed by atoms with Crippen molar-refractivity contribution in [2.75, 3.05) is 18.5 Å². The van der Waals surface area contributed by atoms with Gasteiger partial charge in [-0.3, -0.25) is 15.1 Å². The first-order chi connectivity index (χ1) is 8.18. The summed E-state index contributed by atoms with van der Waals surface area (Å²) in [5, 5.41) is 13.9. The minimum Gasteiger partial charge on any atom is -0.376 e. The molecule has 2 rings (SSSR count). The molecule has 1 unspecified atom stereocenters. The molecule has 0 spiro atoms. The molecule has 1 aromatic heterocycles. The molecule has 1 saturated heterocycles. The lowest BCUT2D eigenvalue weighted by Gasteiger charge is -2.12. The molecule has 1 fully saturated rings. The predicted octanol–water partition coefficient (Wildman–Crippen LogP) is 2.34. The summed E-state index contributed by atoms with van der Waals surface area (Å²) in [5.41, 5.74) is 0.429. The van der Waals surface area contributed by atoms with Gasteiger partial charge in [-0.25, -0.2) is 0 Å². The van der Waals surface area contributed by atoms with Crippen molar-refractivity contribution in [3.8, 4) is 0 Å². The van der Waals surface area contributed by atoms with Gasteiger partial charge >= 0.3 is 5.69 Å². The summed E-state index contributed by atoms with van der Waals surface area (Å²) in [6.45, 7) is 1.34. The van der Waals surface area contributed by atoms with Crippen LogP contribution in [0.15, 0.2) is 16.9 Å². The number of ether oxygens (including phenoxy) is 1. The van der Waals surface area contributed by atoms with Gasteiger partial charge in [-0.15, -0.1) is 0 Å². The third-order valence-corrected chi connectivity index (χ3v) is 3.21. The van der Waals surface area contributed by atoms with Gasteiger partial charge in [0.15, 0.2) is 0 Å². The summed E-state index contributed by atoms with van der Waals surface area (Å²) in [4.78, 5) is 14.2. The monoisotopic (exact) mass is 301 g/mol. The van der Waals surface area contributed by atoms with Gasteiger partial charge < -0.3 is 10.1 Å². The highest BCUT2D eigenvalue weighted by Gasteiger charge is 2.20. The van der Waals surface area contributed by atoms with Gasteiger partial charge in [-0.1, -0.05) is 0 Å². The molecule has 0 radical (unpaired) electrons. The fourth-order valence-electron chi connectivity index (χ4n) is 1.76. The highest BCUT2D eigenvalue weighted by atomic mass is 79.9. The van der Waals surface area contributed by atoms with E-state index in [1.54, 1.807) is 0 Å². The van der Waals surface area contributed by atoms with Crippen molar-refractivity contribution in [1.29, 1.82) is 0 Å². The van der Waals surface area contributed by atoms with Crippen molar-refractivity contribution < 1.29 is 9.66 Å². The number of pyridine rings is 1. The summed E-state index contributed by atoms with van der Waals surface area (Å²) in [6, 6.07) is 0. The van der Waals surface area contributed by atoms with Crippen LogP contribution in [0.1, 0.15) is 12.8 Å². The Bertz CT molecular complexity index is 421.